The maximum absolute atomic E-state index is 9.77. The summed E-state index contributed by atoms with van der Waals surface area (Å²) in [6.07, 6.45) is 7.88. The van der Waals surface area contributed by atoms with Crippen LogP contribution in [0.1, 0.15) is 39.0 Å². The van der Waals surface area contributed by atoms with Crippen LogP contribution in [0.3, 0.4) is 0 Å². The highest BCUT2D eigenvalue weighted by Gasteiger charge is 2.12. The largest absolute Gasteiger partial charge is 0.387 e. The Labute approximate surface area is 81.0 Å². The summed E-state index contributed by atoms with van der Waals surface area (Å²) in [5.41, 5.74) is 1.25. The fraction of sp³-hybridized carbons (Fsp3) is 0.818. The highest BCUT2D eigenvalue weighted by atomic mass is 16.3. The van der Waals surface area contributed by atoms with Gasteiger partial charge in [-0.1, -0.05) is 13.0 Å². The second-order valence-electron chi connectivity index (χ2n) is 3.74. The van der Waals surface area contributed by atoms with E-state index in [1.165, 1.54) is 18.4 Å². The minimum Gasteiger partial charge on any atom is -0.387 e. The molecule has 2 heteroatoms. The van der Waals surface area contributed by atoms with Crippen LogP contribution >= 0.6 is 0 Å². The van der Waals surface area contributed by atoms with Crippen molar-refractivity contribution in [3.05, 3.63) is 11.6 Å². The van der Waals surface area contributed by atoms with Gasteiger partial charge in [-0.2, -0.15) is 0 Å². The quantitative estimate of drug-likeness (QED) is 0.503. The van der Waals surface area contributed by atoms with Gasteiger partial charge in [-0.05, 0) is 44.2 Å². The Morgan fingerprint density at radius 1 is 1.54 bits per heavy atom. The number of aliphatic hydroxyl groups excluding tert-OH is 1. The van der Waals surface area contributed by atoms with Crippen LogP contribution in [0.15, 0.2) is 11.6 Å². The molecule has 0 heterocycles. The zero-order chi connectivity index (χ0) is 9.52. The summed E-state index contributed by atoms with van der Waals surface area (Å²) in [5.74, 6) is 0. The SMILES string of the molecule is CCCNCC(O)C1=CCCCC1. The van der Waals surface area contributed by atoms with Crippen LogP contribution in [0.4, 0.5) is 0 Å². The van der Waals surface area contributed by atoms with Crippen molar-refractivity contribution in [2.24, 2.45) is 0 Å². The van der Waals surface area contributed by atoms with Crippen LogP contribution in [-0.4, -0.2) is 24.3 Å². The van der Waals surface area contributed by atoms with Gasteiger partial charge in [0.15, 0.2) is 0 Å². The van der Waals surface area contributed by atoms with Gasteiger partial charge in [0.05, 0.1) is 6.10 Å². The third-order valence-electron chi connectivity index (χ3n) is 2.52. The average Bonchev–Trinajstić information content (AvgIpc) is 2.19. The van der Waals surface area contributed by atoms with Gasteiger partial charge in [0.25, 0.3) is 0 Å². The average molecular weight is 183 g/mol. The Balaban J connectivity index is 2.21. The summed E-state index contributed by atoms with van der Waals surface area (Å²) in [6.45, 7) is 3.86. The predicted octanol–water partition coefficient (Wildman–Crippen LogP) is 1.85. The zero-order valence-electron chi connectivity index (χ0n) is 8.55. The molecule has 1 aliphatic rings. The lowest BCUT2D eigenvalue weighted by molar-refractivity contribution is 0.200. The lowest BCUT2D eigenvalue weighted by Gasteiger charge is -2.18. The fourth-order valence-corrected chi connectivity index (χ4v) is 1.71. The van der Waals surface area contributed by atoms with Crippen molar-refractivity contribution in [1.29, 1.82) is 0 Å². The van der Waals surface area contributed by atoms with Crippen LogP contribution in [0.5, 0.6) is 0 Å². The standard InChI is InChI=1S/C11H21NO/c1-2-8-12-9-11(13)10-6-4-3-5-7-10/h6,11-13H,2-5,7-9H2,1H3. The molecule has 2 nitrogen and oxygen atoms in total. The fourth-order valence-electron chi connectivity index (χ4n) is 1.71. The molecule has 1 aliphatic carbocycles. The smallest absolute Gasteiger partial charge is 0.0874 e. The number of rotatable bonds is 5. The second kappa shape index (κ2) is 6.17. The van der Waals surface area contributed by atoms with E-state index >= 15 is 0 Å². The second-order valence-corrected chi connectivity index (χ2v) is 3.74. The molecule has 0 saturated heterocycles. The summed E-state index contributed by atoms with van der Waals surface area (Å²) in [4.78, 5) is 0. The van der Waals surface area contributed by atoms with Crippen molar-refractivity contribution in [3.8, 4) is 0 Å². The Bertz CT molecular complexity index is 165. The number of hydrogen-bond donors (Lipinski definition) is 2. The first kappa shape index (κ1) is 10.7. The maximum Gasteiger partial charge on any atom is 0.0874 e. The van der Waals surface area contributed by atoms with Gasteiger partial charge in [0.2, 0.25) is 0 Å². The Kier molecular flexibility index (Phi) is 5.09. The van der Waals surface area contributed by atoms with Gasteiger partial charge in [-0.25, -0.2) is 0 Å². The first-order valence-corrected chi connectivity index (χ1v) is 5.42. The molecule has 0 aromatic rings. The molecule has 0 spiro atoms. The summed E-state index contributed by atoms with van der Waals surface area (Å²) < 4.78 is 0. The first-order chi connectivity index (χ1) is 6.34. The number of hydrogen-bond acceptors (Lipinski definition) is 2. The summed E-state index contributed by atoms with van der Waals surface area (Å²) in [5, 5.41) is 13.0. The monoisotopic (exact) mass is 183 g/mol. The van der Waals surface area contributed by atoms with Crippen molar-refractivity contribution in [3.63, 3.8) is 0 Å². The molecular formula is C11H21NO. The highest BCUT2D eigenvalue weighted by molar-refractivity contribution is 5.10. The van der Waals surface area contributed by atoms with Crippen LogP contribution in [0, 0.1) is 0 Å². The molecule has 0 bridgehead atoms. The van der Waals surface area contributed by atoms with Crippen molar-refractivity contribution in [1.82, 2.24) is 5.32 Å². The highest BCUT2D eigenvalue weighted by Crippen LogP contribution is 2.19. The number of nitrogens with one attached hydrogen (secondary N) is 1. The minimum atomic E-state index is -0.244. The van der Waals surface area contributed by atoms with E-state index in [0.717, 1.165) is 32.4 Å². The maximum atomic E-state index is 9.77. The first-order valence-electron chi connectivity index (χ1n) is 5.42. The van der Waals surface area contributed by atoms with E-state index < -0.39 is 0 Å². The third kappa shape index (κ3) is 3.92. The molecule has 1 unspecified atom stereocenters. The lowest BCUT2D eigenvalue weighted by atomic mass is 9.95. The van der Waals surface area contributed by atoms with E-state index in [0.29, 0.717) is 0 Å². The van der Waals surface area contributed by atoms with Gasteiger partial charge >= 0.3 is 0 Å². The summed E-state index contributed by atoms with van der Waals surface area (Å²) >= 11 is 0. The van der Waals surface area contributed by atoms with E-state index in [1.54, 1.807) is 0 Å². The molecule has 0 aliphatic heterocycles. The van der Waals surface area contributed by atoms with Gasteiger partial charge in [0, 0.05) is 6.54 Å². The molecule has 13 heavy (non-hydrogen) atoms. The molecule has 0 radical (unpaired) electrons. The van der Waals surface area contributed by atoms with Crippen molar-refractivity contribution >= 4 is 0 Å². The zero-order valence-corrected chi connectivity index (χ0v) is 8.55. The lowest BCUT2D eigenvalue weighted by Crippen LogP contribution is -2.29. The van der Waals surface area contributed by atoms with Gasteiger partial charge < -0.3 is 10.4 Å². The normalized spacial score (nSPS) is 19.7. The Morgan fingerprint density at radius 3 is 3.00 bits per heavy atom. The van der Waals surface area contributed by atoms with Crippen LogP contribution in [0.25, 0.3) is 0 Å². The van der Waals surface area contributed by atoms with E-state index in [4.69, 9.17) is 0 Å². The molecule has 0 amide bonds. The predicted molar refractivity (Wildman–Crippen MR) is 55.7 cm³/mol. The third-order valence-corrected chi connectivity index (χ3v) is 2.52. The van der Waals surface area contributed by atoms with Crippen molar-refractivity contribution in [2.75, 3.05) is 13.1 Å². The molecule has 0 fully saturated rings. The Morgan fingerprint density at radius 2 is 2.38 bits per heavy atom. The molecule has 1 atom stereocenters. The Hall–Kier alpha value is -0.340. The van der Waals surface area contributed by atoms with Crippen LogP contribution in [-0.2, 0) is 0 Å². The van der Waals surface area contributed by atoms with E-state index in [9.17, 15) is 5.11 Å². The number of allylic oxidation sites excluding steroid dienone is 1. The van der Waals surface area contributed by atoms with Crippen molar-refractivity contribution < 1.29 is 5.11 Å². The molecule has 76 valence electrons. The van der Waals surface area contributed by atoms with Gasteiger partial charge in [-0.3, -0.25) is 0 Å². The molecule has 1 rings (SSSR count). The topological polar surface area (TPSA) is 32.3 Å². The van der Waals surface area contributed by atoms with E-state index in [1.807, 2.05) is 0 Å². The summed E-state index contributed by atoms with van der Waals surface area (Å²) in [7, 11) is 0. The minimum absolute atomic E-state index is 0.244. The van der Waals surface area contributed by atoms with Crippen LogP contribution in [0.2, 0.25) is 0 Å². The van der Waals surface area contributed by atoms with E-state index in [2.05, 4.69) is 18.3 Å². The van der Waals surface area contributed by atoms with Crippen LogP contribution < -0.4 is 5.32 Å². The van der Waals surface area contributed by atoms with Crippen molar-refractivity contribution in [2.45, 2.75) is 45.1 Å². The molecule has 0 aromatic heterocycles. The van der Waals surface area contributed by atoms with E-state index in [-0.39, 0.29) is 6.10 Å². The molecule has 2 N–H and O–H groups in total. The molecule has 0 aromatic carbocycles. The van der Waals surface area contributed by atoms with Gasteiger partial charge in [-0.15, -0.1) is 0 Å². The number of aliphatic hydroxyl groups is 1. The molecular weight excluding hydrogens is 162 g/mol. The summed E-state index contributed by atoms with van der Waals surface area (Å²) in [6, 6.07) is 0. The molecule has 0 saturated carbocycles. The van der Waals surface area contributed by atoms with Gasteiger partial charge in [0.1, 0.15) is 0 Å².